The molecular formula is C12H18BrNOS. The molecule has 2 atom stereocenters. The second-order valence-corrected chi connectivity index (χ2v) is 6.81. The van der Waals surface area contributed by atoms with Crippen LogP contribution >= 0.6 is 27.3 Å². The van der Waals surface area contributed by atoms with E-state index < -0.39 is 0 Å². The second kappa shape index (κ2) is 6.15. The smallest absolute Gasteiger partial charge is 0.0701 e. The van der Waals surface area contributed by atoms with Gasteiger partial charge in [-0.2, -0.15) is 0 Å². The highest BCUT2D eigenvalue weighted by Crippen LogP contribution is 2.29. The molecule has 90 valence electrons. The third kappa shape index (κ3) is 3.55. The van der Waals surface area contributed by atoms with Gasteiger partial charge in [-0.15, -0.1) is 11.3 Å². The first kappa shape index (κ1) is 12.6. The van der Waals surface area contributed by atoms with Gasteiger partial charge in [-0.1, -0.05) is 0 Å². The van der Waals surface area contributed by atoms with Crippen molar-refractivity contribution in [1.29, 1.82) is 0 Å². The van der Waals surface area contributed by atoms with Gasteiger partial charge in [-0.3, -0.25) is 0 Å². The molecule has 1 aromatic rings. The Morgan fingerprint density at radius 2 is 2.38 bits per heavy atom. The minimum absolute atomic E-state index is 0.168. The van der Waals surface area contributed by atoms with Gasteiger partial charge in [-0.05, 0) is 60.2 Å². The van der Waals surface area contributed by atoms with Gasteiger partial charge in [-0.25, -0.2) is 0 Å². The molecule has 1 fully saturated rings. The van der Waals surface area contributed by atoms with E-state index in [2.05, 4.69) is 28.1 Å². The third-order valence-corrected chi connectivity index (χ3v) is 4.79. The zero-order chi connectivity index (χ0) is 11.4. The quantitative estimate of drug-likeness (QED) is 0.916. The van der Waals surface area contributed by atoms with Crippen LogP contribution in [0, 0.1) is 0 Å². The number of nitrogens with two attached hydrogens (primary N) is 1. The number of rotatable bonds is 4. The fourth-order valence-corrected chi connectivity index (χ4v) is 3.53. The fraction of sp³-hybridized carbons (Fsp3) is 0.667. The van der Waals surface area contributed by atoms with Crippen LogP contribution in [0.1, 0.15) is 43.0 Å². The lowest BCUT2D eigenvalue weighted by atomic mass is 10.0. The van der Waals surface area contributed by atoms with Crippen LogP contribution in [0.5, 0.6) is 0 Å². The van der Waals surface area contributed by atoms with E-state index in [9.17, 15) is 0 Å². The first-order chi connectivity index (χ1) is 7.75. The van der Waals surface area contributed by atoms with Crippen LogP contribution in [0.25, 0.3) is 0 Å². The average Bonchev–Trinajstić information content (AvgIpc) is 2.74. The highest BCUT2D eigenvalue weighted by atomic mass is 79.9. The molecule has 0 aliphatic carbocycles. The molecule has 0 radical (unpaired) electrons. The molecule has 0 saturated carbocycles. The lowest BCUT2D eigenvalue weighted by molar-refractivity contribution is 0.00917. The molecule has 1 aliphatic rings. The Labute approximate surface area is 109 Å². The number of ether oxygens (including phenoxy) is 1. The zero-order valence-electron chi connectivity index (χ0n) is 9.32. The van der Waals surface area contributed by atoms with Gasteiger partial charge in [0.2, 0.25) is 0 Å². The summed E-state index contributed by atoms with van der Waals surface area (Å²) in [6.45, 7) is 0.935. The topological polar surface area (TPSA) is 35.2 Å². The van der Waals surface area contributed by atoms with Crippen LogP contribution in [-0.2, 0) is 4.74 Å². The number of hydrogen-bond donors (Lipinski definition) is 1. The molecule has 1 aromatic heterocycles. The molecule has 4 heteroatoms. The van der Waals surface area contributed by atoms with Crippen molar-refractivity contribution in [2.45, 2.75) is 44.2 Å². The Kier molecular flexibility index (Phi) is 4.82. The fourth-order valence-electron chi connectivity index (χ4n) is 2.07. The van der Waals surface area contributed by atoms with Crippen LogP contribution in [0.2, 0.25) is 0 Å². The normalized spacial score (nSPS) is 23.2. The first-order valence-electron chi connectivity index (χ1n) is 5.88. The van der Waals surface area contributed by atoms with Crippen LogP contribution < -0.4 is 5.73 Å². The van der Waals surface area contributed by atoms with E-state index in [4.69, 9.17) is 10.5 Å². The summed E-state index contributed by atoms with van der Waals surface area (Å²) in [4.78, 5) is 1.27. The van der Waals surface area contributed by atoms with Crippen molar-refractivity contribution in [3.63, 3.8) is 0 Å². The van der Waals surface area contributed by atoms with Gasteiger partial charge < -0.3 is 10.5 Å². The van der Waals surface area contributed by atoms with Crippen LogP contribution in [0.15, 0.2) is 15.9 Å². The Morgan fingerprint density at radius 1 is 1.50 bits per heavy atom. The monoisotopic (exact) mass is 303 g/mol. The maximum absolute atomic E-state index is 6.16. The molecule has 2 rings (SSSR count). The van der Waals surface area contributed by atoms with E-state index in [-0.39, 0.29) is 6.04 Å². The Hall–Kier alpha value is 0.1000. The zero-order valence-corrected chi connectivity index (χ0v) is 11.7. The Bertz CT molecular complexity index is 323. The second-order valence-electron chi connectivity index (χ2n) is 4.31. The predicted molar refractivity (Wildman–Crippen MR) is 71.8 cm³/mol. The molecule has 0 aromatic carbocycles. The van der Waals surface area contributed by atoms with Crippen molar-refractivity contribution >= 4 is 27.3 Å². The Balaban J connectivity index is 1.76. The number of thiophene rings is 1. The van der Waals surface area contributed by atoms with Gasteiger partial charge in [0, 0.05) is 17.5 Å². The maximum atomic E-state index is 6.16. The molecule has 0 spiro atoms. The number of halogens is 1. The average molecular weight is 304 g/mol. The SMILES string of the molecule is NC(CCC1CCCCO1)c1ccc(Br)s1. The molecule has 0 bridgehead atoms. The predicted octanol–water partition coefficient (Wildman–Crippen LogP) is 3.86. The first-order valence-corrected chi connectivity index (χ1v) is 7.49. The molecule has 0 amide bonds. The standard InChI is InChI=1S/C12H18BrNOS/c13-12-7-6-11(16-12)10(14)5-4-9-3-1-2-8-15-9/h6-7,9-10H,1-5,8,14H2. The van der Waals surface area contributed by atoms with E-state index in [0.29, 0.717) is 6.10 Å². The van der Waals surface area contributed by atoms with Crippen molar-refractivity contribution in [3.05, 3.63) is 20.8 Å². The van der Waals surface area contributed by atoms with E-state index in [1.807, 2.05) is 0 Å². The summed E-state index contributed by atoms with van der Waals surface area (Å²) in [6.07, 6.45) is 6.31. The van der Waals surface area contributed by atoms with E-state index in [1.165, 1.54) is 24.1 Å². The minimum atomic E-state index is 0.168. The van der Waals surface area contributed by atoms with Crippen molar-refractivity contribution in [1.82, 2.24) is 0 Å². The molecule has 2 heterocycles. The molecule has 1 aliphatic heterocycles. The molecule has 2 N–H and O–H groups in total. The summed E-state index contributed by atoms with van der Waals surface area (Å²) >= 11 is 5.20. The highest BCUT2D eigenvalue weighted by molar-refractivity contribution is 9.11. The summed E-state index contributed by atoms with van der Waals surface area (Å²) in [5.41, 5.74) is 6.16. The molecule has 16 heavy (non-hydrogen) atoms. The van der Waals surface area contributed by atoms with Crippen molar-refractivity contribution in [3.8, 4) is 0 Å². The summed E-state index contributed by atoms with van der Waals surface area (Å²) in [5, 5.41) is 0. The van der Waals surface area contributed by atoms with E-state index in [1.54, 1.807) is 11.3 Å². The van der Waals surface area contributed by atoms with Gasteiger partial charge in [0.15, 0.2) is 0 Å². The summed E-state index contributed by atoms with van der Waals surface area (Å²) < 4.78 is 6.87. The third-order valence-electron chi connectivity index (χ3n) is 3.03. The van der Waals surface area contributed by atoms with Crippen molar-refractivity contribution in [2.24, 2.45) is 5.73 Å². The lowest BCUT2D eigenvalue weighted by Gasteiger charge is -2.23. The van der Waals surface area contributed by atoms with Gasteiger partial charge >= 0.3 is 0 Å². The maximum Gasteiger partial charge on any atom is 0.0701 e. The summed E-state index contributed by atoms with van der Waals surface area (Å²) in [5.74, 6) is 0. The molecular weight excluding hydrogens is 286 g/mol. The van der Waals surface area contributed by atoms with Crippen LogP contribution in [-0.4, -0.2) is 12.7 Å². The lowest BCUT2D eigenvalue weighted by Crippen LogP contribution is -2.21. The molecule has 2 unspecified atom stereocenters. The summed E-state index contributed by atoms with van der Waals surface area (Å²) in [7, 11) is 0. The van der Waals surface area contributed by atoms with Gasteiger partial charge in [0.05, 0.1) is 9.89 Å². The summed E-state index contributed by atoms with van der Waals surface area (Å²) in [6, 6.07) is 4.35. The van der Waals surface area contributed by atoms with Crippen LogP contribution in [0.4, 0.5) is 0 Å². The van der Waals surface area contributed by atoms with Crippen molar-refractivity contribution < 1.29 is 4.74 Å². The Morgan fingerprint density at radius 3 is 3.00 bits per heavy atom. The van der Waals surface area contributed by atoms with E-state index in [0.717, 1.165) is 23.2 Å². The molecule has 2 nitrogen and oxygen atoms in total. The highest BCUT2D eigenvalue weighted by Gasteiger charge is 2.16. The van der Waals surface area contributed by atoms with E-state index >= 15 is 0 Å². The largest absolute Gasteiger partial charge is 0.378 e. The van der Waals surface area contributed by atoms with Crippen LogP contribution in [0.3, 0.4) is 0 Å². The minimum Gasteiger partial charge on any atom is -0.378 e. The number of hydrogen-bond acceptors (Lipinski definition) is 3. The van der Waals surface area contributed by atoms with Crippen molar-refractivity contribution in [2.75, 3.05) is 6.61 Å². The molecule has 1 saturated heterocycles. The van der Waals surface area contributed by atoms with Gasteiger partial charge in [0.1, 0.15) is 0 Å². The van der Waals surface area contributed by atoms with Gasteiger partial charge in [0.25, 0.3) is 0 Å².